The Morgan fingerprint density at radius 3 is 2.46 bits per heavy atom. The molecule has 1 rings (SSSR count). The number of nitrogens with zero attached hydrogens (tertiary/aromatic N) is 1. The van der Waals surface area contributed by atoms with Crippen molar-refractivity contribution in [2.24, 2.45) is 10.4 Å². The molecule has 3 nitrogen and oxygen atoms in total. The molecule has 1 aliphatic heterocycles. The van der Waals surface area contributed by atoms with E-state index in [-0.39, 0.29) is 11.5 Å². The van der Waals surface area contributed by atoms with E-state index < -0.39 is 0 Å². The van der Waals surface area contributed by atoms with Gasteiger partial charge in [0, 0.05) is 6.04 Å². The maximum Gasteiger partial charge on any atom is 0.285 e. The number of amidine groups is 1. The van der Waals surface area contributed by atoms with Crippen molar-refractivity contribution in [3.05, 3.63) is 0 Å². The molecule has 0 saturated heterocycles. The minimum absolute atomic E-state index is 0.195. The van der Waals surface area contributed by atoms with E-state index in [0.29, 0.717) is 18.7 Å². The predicted octanol–water partition coefficient (Wildman–Crippen LogP) is 1.79. The second-order valence-electron chi connectivity index (χ2n) is 4.93. The molecular weight excluding hydrogens is 164 g/mol. The number of hydrogen-bond donors (Lipinski definition) is 1. The average Bonchev–Trinajstić information content (AvgIpc) is 2.32. The van der Waals surface area contributed by atoms with Gasteiger partial charge in [0.25, 0.3) is 6.02 Å². The van der Waals surface area contributed by atoms with E-state index in [1.54, 1.807) is 0 Å². The van der Waals surface area contributed by atoms with Gasteiger partial charge in [0.2, 0.25) is 0 Å². The smallest absolute Gasteiger partial charge is 0.285 e. The Morgan fingerprint density at radius 1 is 1.46 bits per heavy atom. The number of rotatable bonds is 1. The van der Waals surface area contributed by atoms with Crippen LogP contribution in [0.1, 0.15) is 34.6 Å². The molecule has 1 aliphatic rings. The van der Waals surface area contributed by atoms with Gasteiger partial charge in [-0.15, -0.1) is 0 Å². The molecule has 0 aromatic heterocycles. The molecule has 0 bridgehead atoms. The average molecular weight is 184 g/mol. The highest BCUT2D eigenvalue weighted by Gasteiger charge is 2.30. The molecule has 1 atom stereocenters. The van der Waals surface area contributed by atoms with Gasteiger partial charge in [0.15, 0.2) is 0 Å². The third-order valence-corrected chi connectivity index (χ3v) is 2.06. The van der Waals surface area contributed by atoms with Crippen molar-refractivity contribution in [2.75, 3.05) is 6.61 Å². The maximum absolute atomic E-state index is 5.44. The van der Waals surface area contributed by atoms with Crippen molar-refractivity contribution in [3.8, 4) is 0 Å². The molecule has 0 radical (unpaired) electrons. The summed E-state index contributed by atoms with van der Waals surface area (Å²) in [4.78, 5) is 4.48. The molecule has 13 heavy (non-hydrogen) atoms. The molecule has 76 valence electrons. The van der Waals surface area contributed by atoms with Crippen molar-refractivity contribution in [1.82, 2.24) is 5.32 Å². The van der Waals surface area contributed by atoms with Crippen LogP contribution in [0, 0.1) is 5.41 Å². The van der Waals surface area contributed by atoms with E-state index in [0.717, 1.165) is 0 Å². The fourth-order valence-electron chi connectivity index (χ4n) is 1.14. The third kappa shape index (κ3) is 2.90. The van der Waals surface area contributed by atoms with Crippen molar-refractivity contribution >= 4 is 6.02 Å². The van der Waals surface area contributed by atoms with Gasteiger partial charge in [0.05, 0.1) is 6.04 Å². The van der Waals surface area contributed by atoms with Gasteiger partial charge in [-0.2, -0.15) is 0 Å². The van der Waals surface area contributed by atoms with E-state index in [2.05, 4.69) is 44.9 Å². The van der Waals surface area contributed by atoms with E-state index in [1.165, 1.54) is 0 Å². The summed E-state index contributed by atoms with van der Waals surface area (Å²) in [7, 11) is 0. The Labute approximate surface area is 80.6 Å². The fourth-order valence-corrected chi connectivity index (χ4v) is 1.14. The van der Waals surface area contributed by atoms with Gasteiger partial charge in [-0.3, -0.25) is 0 Å². The first-order valence-corrected chi connectivity index (χ1v) is 4.86. The summed E-state index contributed by atoms with van der Waals surface area (Å²) in [6.45, 7) is 11.4. The molecule has 3 heteroatoms. The van der Waals surface area contributed by atoms with Crippen molar-refractivity contribution in [1.29, 1.82) is 0 Å². The predicted molar refractivity (Wildman–Crippen MR) is 54.9 cm³/mol. The van der Waals surface area contributed by atoms with Crippen molar-refractivity contribution in [2.45, 2.75) is 46.7 Å². The number of aliphatic imine (C=N–C) groups is 1. The van der Waals surface area contributed by atoms with Gasteiger partial charge in [0.1, 0.15) is 6.61 Å². The van der Waals surface area contributed by atoms with Gasteiger partial charge < -0.3 is 10.1 Å². The zero-order valence-corrected chi connectivity index (χ0v) is 9.22. The Kier molecular flexibility index (Phi) is 2.84. The zero-order chi connectivity index (χ0) is 10.1. The highest BCUT2D eigenvalue weighted by atomic mass is 16.5. The lowest BCUT2D eigenvalue weighted by molar-refractivity contribution is 0.230. The van der Waals surface area contributed by atoms with Gasteiger partial charge in [-0.1, -0.05) is 20.8 Å². The summed E-state index contributed by atoms with van der Waals surface area (Å²) in [5.41, 5.74) is 0.195. The first-order valence-electron chi connectivity index (χ1n) is 4.86. The summed E-state index contributed by atoms with van der Waals surface area (Å²) in [6.07, 6.45) is 0. The maximum atomic E-state index is 5.44. The number of ether oxygens (including phenoxy) is 1. The first kappa shape index (κ1) is 10.4. The lowest BCUT2D eigenvalue weighted by Crippen LogP contribution is -2.30. The Morgan fingerprint density at radius 2 is 2.08 bits per heavy atom. The zero-order valence-electron chi connectivity index (χ0n) is 9.22. The Bertz CT molecular complexity index is 203. The lowest BCUT2D eigenvalue weighted by Gasteiger charge is -2.21. The van der Waals surface area contributed by atoms with Gasteiger partial charge >= 0.3 is 0 Å². The van der Waals surface area contributed by atoms with Crippen LogP contribution < -0.4 is 5.32 Å². The lowest BCUT2D eigenvalue weighted by atomic mass is 9.88. The van der Waals surface area contributed by atoms with Crippen LogP contribution in [0.2, 0.25) is 0 Å². The van der Waals surface area contributed by atoms with Crippen LogP contribution in [0.3, 0.4) is 0 Å². The summed E-state index contributed by atoms with van der Waals surface area (Å²) in [6, 6.07) is 1.38. The standard InChI is InChI=1S/C10H20N2O/c1-7(2)11-9-12-8(6-13-9)10(3,4)5/h7-8H,6H2,1-5H3,(H,11,12). The third-order valence-electron chi connectivity index (χ3n) is 2.06. The largest absolute Gasteiger partial charge is 0.463 e. The monoisotopic (exact) mass is 184 g/mol. The minimum Gasteiger partial charge on any atom is -0.463 e. The van der Waals surface area contributed by atoms with Gasteiger partial charge in [-0.05, 0) is 19.3 Å². The highest BCUT2D eigenvalue weighted by Crippen LogP contribution is 2.25. The number of hydrogen-bond acceptors (Lipinski definition) is 3. The Hall–Kier alpha value is -0.730. The highest BCUT2D eigenvalue weighted by molar-refractivity contribution is 5.75. The van der Waals surface area contributed by atoms with Crippen LogP contribution in [0.25, 0.3) is 0 Å². The van der Waals surface area contributed by atoms with Crippen LogP contribution in [-0.4, -0.2) is 24.7 Å². The summed E-state index contributed by atoms with van der Waals surface area (Å²) in [5, 5.41) is 3.17. The van der Waals surface area contributed by atoms with E-state index in [1.807, 2.05) is 0 Å². The van der Waals surface area contributed by atoms with E-state index in [9.17, 15) is 0 Å². The molecule has 0 aromatic carbocycles. The van der Waals surface area contributed by atoms with E-state index in [4.69, 9.17) is 4.74 Å². The van der Waals surface area contributed by atoms with Gasteiger partial charge in [-0.25, -0.2) is 4.99 Å². The second-order valence-corrected chi connectivity index (χ2v) is 4.93. The summed E-state index contributed by atoms with van der Waals surface area (Å²) < 4.78 is 5.44. The van der Waals surface area contributed by atoms with Crippen LogP contribution in [-0.2, 0) is 4.74 Å². The van der Waals surface area contributed by atoms with Crippen molar-refractivity contribution in [3.63, 3.8) is 0 Å². The topological polar surface area (TPSA) is 33.6 Å². The van der Waals surface area contributed by atoms with Crippen LogP contribution in [0.4, 0.5) is 0 Å². The molecule has 1 unspecified atom stereocenters. The molecule has 0 aliphatic carbocycles. The molecule has 0 saturated carbocycles. The van der Waals surface area contributed by atoms with Crippen molar-refractivity contribution < 1.29 is 4.74 Å². The molecular formula is C10H20N2O. The van der Waals surface area contributed by atoms with Crippen LogP contribution in [0.15, 0.2) is 4.99 Å². The number of nitrogens with one attached hydrogen (secondary N) is 1. The molecule has 1 heterocycles. The molecule has 1 N–H and O–H groups in total. The summed E-state index contributed by atoms with van der Waals surface area (Å²) in [5.74, 6) is 0. The quantitative estimate of drug-likeness (QED) is 0.674. The van der Waals surface area contributed by atoms with Crippen LogP contribution >= 0.6 is 0 Å². The second kappa shape index (κ2) is 3.56. The molecule has 0 amide bonds. The summed E-state index contributed by atoms with van der Waals surface area (Å²) >= 11 is 0. The molecule has 0 spiro atoms. The first-order chi connectivity index (χ1) is 5.89. The molecule has 0 fully saturated rings. The molecule has 0 aromatic rings. The fraction of sp³-hybridized carbons (Fsp3) is 0.900. The van der Waals surface area contributed by atoms with E-state index >= 15 is 0 Å². The SMILES string of the molecule is CC(C)NC1=NC(C(C)(C)C)CO1. The Balaban J connectivity index is 2.54. The normalized spacial score (nSPS) is 22.9. The minimum atomic E-state index is 0.195. The van der Waals surface area contributed by atoms with Crippen LogP contribution in [0.5, 0.6) is 0 Å².